The third-order valence-corrected chi connectivity index (χ3v) is 2.18. The maximum atomic E-state index is 11.5. The summed E-state index contributed by atoms with van der Waals surface area (Å²) in [5.41, 5.74) is 3.80. The van der Waals surface area contributed by atoms with Gasteiger partial charge in [0, 0.05) is 25.8 Å². The molecule has 0 fully saturated rings. The van der Waals surface area contributed by atoms with Crippen LogP contribution in [0.15, 0.2) is 24.3 Å². The maximum absolute atomic E-state index is 11.5. The van der Waals surface area contributed by atoms with Crippen molar-refractivity contribution in [1.29, 1.82) is 0 Å². The number of benzene rings is 1. The lowest BCUT2D eigenvalue weighted by Crippen LogP contribution is -2.21. The normalized spacial score (nSPS) is 10.4. The number of likely N-dealkylation sites (N-methyl/N-ethyl adjacent to an activating group) is 1. The number of carbonyl (C=O) groups excluding carboxylic acids is 1. The molecule has 0 aliphatic carbocycles. The van der Waals surface area contributed by atoms with Gasteiger partial charge in [0.2, 0.25) is 0 Å². The van der Waals surface area contributed by atoms with Crippen LogP contribution >= 0.6 is 0 Å². The Morgan fingerprint density at radius 3 is 2.82 bits per heavy atom. The maximum Gasteiger partial charge on any atom is 0.356 e. The molecule has 0 aromatic heterocycles. The molecule has 1 aromatic rings. The van der Waals surface area contributed by atoms with E-state index >= 15 is 0 Å². The molecule has 94 valence electrons. The summed E-state index contributed by atoms with van der Waals surface area (Å²) in [4.78, 5) is 18.2. The number of hydroxylamine groups is 1. The summed E-state index contributed by atoms with van der Waals surface area (Å²) in [5.74, 6) is -0.385. The van der Waals surface area contributed by atoms with Crippen LogP contribution in [0.1, 0.15) is 10.4 Å². The van der Waals surface area contributed by atoms with E-state index < -0.39 is 0 Å². The van der Waals surface area contributed by atoms with E-state index in [1.807, 2.05) is 26.2 Å². The summed E-state index contributed by atoms with van der Waals surface area (Å²) in [6, 6.07) is 7.24. The van der Waals surface area contributed by atoms with Crippen molar-refractivity contribution in [1.82, 2.24) is 10.4 Å². The number of carbonyl (C=O) groups is 1. The molecule has 0 atom stereocenters. The number of rotatable bonds is 6. The summed E-state index contributed by atoms with van der Waals surface area (Å²) in [6.07, 6.45) is 0. The van der Waals surface area contributed by atoms with Crippen molar-refractivity contribution in [3.8, 4) is 0 Å². The van der Waals surface area contributed by atoms with Crippen molar-refractivity contribution < 1.29 is 9.63 Å². The second kappa shape index (κ2) is 6.88. The van der Waals surface area contributed by atoms with Crippen LogP contribution in [0.4, 0.5) is 5.69 Å². The van der Waals surface area contributed by atoms with Crippen LogP contribution in [0.2, 0.25) is 0 Å². The highest BCUT2D eigenvalue weighted by atomic mass is 16.7. The van der Waals surface area contributed by atoms with Gasteiger partial charge in [-0.15, -0.1) is 0 Å². The first-order valence-corrected chi connectivity index (χ1v) is 5.50. The van der Waals surface area contributed by atoms with Crippen LogP contribution in [-0.2, 0) is 4.84 Å². The number of anilines is 1. The average Bonchev–Trinajstić information content (AvgIpc) is 2.29. The largest absolute Gasteiger partial charge is 0.384 e. The van der Waals surface area contributed by atoms with Crippen LogP contribution in [-0.4, -0.2) is 45.1 Å². The van der Waals surface area contributed by atoms with E-state index in [1.54, 1.807) is 19.2 Å². The summed E-state index contributed by atoms with van der Waals surface area (Å²) >= 11 is 0. The monoisotopic (exact) mass is 237 g/mol. The predicted molar refractivity (Wildman–Crippen MR) is 68.0 cm³/mol. The minimum atomic E-state index is -0.385. The van der Waals surface area contributed by atoms with Crippen molar-refractivity contribution in [3.63, 3.8) is 0 Å². The van der Waals surface area contributed by atoms with E-state index in [9.17, 15) is 4.79 Å². The molecule has 5 heteroatoms. The summed E-state index contributed by atoms with van der Waals surface area (Å²) < 4.78 is 0. The Morgan fingerprint density at radius 2 is 2.18 bits per heavy atom. The fourth-order valence-electron chi connectivity index (χ4n) is 1.33. The minimum Gasteiger partial charge on any atom is -0.384 e. The van der Waals surface area contributed by atoms with E-state index in [0.717, 1.165) is 18.8 Å². The third-order valence-electron chi connectivity index (χ3n) is 2.18. The SMILES string of the molecule is CNOC(=O)c1cccc(NCCN(C)C)c1. The fourth-order valence-corrected chi connectivity index (χ4v) is 1.33. The van der Waals surface area contributed by atoms with Gasteiger partial charge in [-0.2, -0.15) is 5.48 Å². The van der Waals surface area contributed by atoms with Crippen molar-refractivity contribution in [2.45, 2.75) is 0 Å². The fraction of sp³-hybridized carbons (Fsp3) is 0.417. The molecule has 0 saturated heterocycles. The van der Waals surface area contributed by atoms with Gasteiger partial charge in [0.1, 0.15) is 0 Å². The molecule has 5 nitrogen and oxygen atoms in total. The minimum absolute atomic E-state index is 0.385. The average molecular weight is 237 g/mol. The zero-order chi connectivity index (χ0) is 12.7. The van der Waals surface area contributed by atoms with Gasteiger partial charge in [0.05, 0.1) is 5.56 Å². The molecule has 0 saturated carbocycles. The summed E-state index contributed by atoms with van der Waals surface area (Å²) in [5, 5.41) is 3.24. The van der Waals surface area contributed by atoms with Gasteiger partial charge >= 0.3 is 5.97 Å². The first-order chi connectivity index (χ1) is 8.13. The van der Waals surface area contributed by atoms with Gasteiger partial charge in [-0.1, -0.05) is 6.07 Å². The van der Waals surface area contributed by atoms with E-state index in [1.165, 1.54) is 0 Å². The molecule has 0 radical (unpaired) electrons. The second-order valence-corrected chi connectivity index (χ2v) is 3.90. The zero-order valence-corrected chi connectivity index (χ0v) is 10.5. The predicted octanol–water partition coefficient (Wildman–Crippen LogP) is 0.951. The molecule has 1 aromatic carbocycles. The highest BCUT2D eigenvalue weighted by Gasteiger charge is 2.06. The molecule has 0 aliphatic heterocycles. The third kappa shape index (κ3) is 4.84. The van der Waals surface area contributed by atoms with Gasteiger partial charge in [-0.25, -0.2) is 4.79 Å². The first kappa shape index (κ1) is 13.5. The van der Waals surface area contributed by atoms with Gasteiger partial charge < -0.3 is 15.1 Å². The molecule has 0 heterocycles. The molecule has 0 bridgehead atoms. The molecule has 17 heavy (non-hydrogen) atoms. The number of nitrogens with zero attached hydrogens (tertiary/aromatic N) is 1. The smallest absolute Gasteiger partial charge is 0.356 e. The van der Waals surface area contributed by atoms with E-state index in [0.29, 0.717) is 5.56 Å². The lowest BCUT2D eigenvalue weighted by Gasteiger charge is -2.11. The Bertz CT molecular complexity index is 367. The highest BCUT2D eigenvalue weighted by molar-refractivity contribution is 5.90. The summed E-state index contributed by atoms with van der Waals surface area (Å²) in [7, 11) is 5.59. The number of nitrogens with one attached hydrogen (secondary N) is 2. The molecule has 0 amide bonds. The van der Waals surface area contributed by atoms with E-state index in [4.69, 9.17) is 4.84 Å². The molecular formula is C12H19N3O2. The zero-order valence-electron chi connectivity index (χ0n) is 10.5. The Balaban J connectivity index is 2.56. The van der Waals surface area contributed by atoms with Gasteiger partial charge in [0.25, 0.3) is 0 Å². The lowest BCUT2D eigenvalue weighted by atomic mass is 10.2. The number of hydrogen-bond acceptors (Lipinski definition) is 5. The summed E-state index contributed by atoms with van der Waals surface area (Å²) in [6.45, 7) is 1.77. The van der Waals surface area contributed by atoms with Crippen LogP contribution in [0.25, 0.3) is 0 Å². The van der Waals surface area contributed by atoms with Gasteiger partial charge in [-0.05, 0) is 32.3 Å². The van der Waals surface area contributed by atoms with Crippen molar-refractivity contribution in [3.05, 3.63) is 29.8 Å². The topological polar surface area (TPSA) is 53.6 Å². The van der Waals surface area contributed by atoms with Crippen molar-refractivity contribution in [2.75, 3.05) is 39.5 Å². The van der Waals surface area contributed by atoms with E-state index in [-0.39, 0.29) is 5.97 Å². The second-order valence-electron chi connectivity index (χ2n) is 3.90. The molecular weight excluding hydrogens is 218 g/mol. The molecule has 1 rings (SSSR count). The van der Waals surface area contributed by atoms with Crippen molar-refractivity contribution >= 4 is 11.7 Å². The van der Waals surface area contributed by atoms with Crippen LogP contribution in [0.5, 0.6) is 0 Å². The molecule has 0 spiro atoms. The van der Waals surface area contributed by atoms with E-state index in [2.05, 4.69) is 15.7 Å². The Morgan fingerprint density at radius 1 is 1.41 bits per heavy atom. The number of hydrogen-bond donors (Lipinski definition) is 2. The van der Waals surface area contributed by atoms with Crippen molar-refractivity contribution in [2.24, 2.45) is 0 Å². The first-order valence-electron chi connectivity index (χ1n) is 5.50. The Hall–Kier alpha value is -1.59. The quantitative estimate of drug-likeness (QED) is 0.722. The Kier molecular flexibility index (Phi) is 5.45. The molecule has 2 N–H and O–H groups in total. The van der Waals surface area contributed by atoms with Gasteiger partial charge in [0.15, 0.2) is 0 Å². The standard InChI is InChI=1S/C12H19N3O2/c1-13-17-12(16)10-5-4-6-11(9-10)14-7-8-15(2)3/h4-6,9,13-14H,7-8H2,1-3H3. The Labute approximate surface area is 102 Å². The van der Waals surface area contributed by atoms with Gasteiger partial charge in [-0.3, -0.25) is 0 Å². The lowest BCUT2D eigenvalue weighted by molar-refractivity contribution is 0.0310. The van der Waals surface area contributed by atoms with Crippen LogP contribution < -0.4 is 10.8 Å². The van der Waals surface area contributed by atoms with Crippen LogP contribution in [0, 0.1) is 0 Å². The molecule has 0 unspecified atom stereocenters. The van der Waals surface area contributed by atoms with Crippen LogP contribution in [0.3, 0.4) is 0 Å². The highest BCUT2D eigenvalue weighted by Crippen LogP contribution is 2.11. The molecule has 0 aliphatic rings.